The molecule has 2 rings (SSSR count). The number of benzene rings is 1. The maximum absolute atomic E-state index is 11.9. The Morgan fingerprint density at radius 1 is 1.33 bits per heavy atom. The van der Waals surface area contributed by atoms with Gasteiger partial charge in [0.1, 0.15) is 12.4 Å². The van der Waals surface area contributed by atoms with Crippen LogP contribution >= 0.6 is 0 Å². The fraction of sp³-hybridized carbons (Fsp3) is 0.462. The van der Waals surface area contributed by atoms with E-state index >= 15 is 0 Å². The quantitative estimate of drug-likeness (QED) is 0.632. The van der Waals surface area contributed by atoms with Crippen LogP contribution in [-0.4, -0.2) is 39.3 Å². The van der Waals surface area contributed by atoms with Crippen LogP contribution in [0.15, 0.2) is 24.3 Å². The van der Waals surface area contributed by atoms with E-state index in [4.69, 9.17) is 10.5 Å². The predicted molar refractivity (Wildman–Crippen MR) is 79.3 cm³/mol. The number of anilines is 1. The first-order valence-electron chi connectivity index (χ1n) is 6.70. The maximum atomic E-state index is 11.9. The summed E-state index contributed by atoms with van der Waals surface area (Å²) < 4.78 is 31.7. The van der Waals surface area contributed by atoms with E-state index in [2.05, 4.69) is 10.0 Å². The number of amides is 1. The molecular formula is C13H19N3O4S. The highest BCUT2D eigenvalue weighted by molar-refractivity contribution is 7.89. The van der Waals surface area contributed by atoms with Crippen LogP contribution in [0.3, 0.4) is 0 Å². The van der Waals surface area contributed by atoms with E-state index in [0.29, 0.717) is 30.8 Å². The van der Waals surface area contributed by atoms with Gasteiger partial charge in [-0.3, -0.25) is 4.79 Å². The van der Waals surface area contributed by atoms with Gasteiger partial charge in [-0.2, -0.15) is 0 Å². The van der Waals surface area contributed by atoms with E-state index in [1.165, 1.54) is 0 Å². The van der Waals surface area contributed by atoms with Crippen LogP contribution in [0.4, 0.5) is 5.69 Å². The fourth-order valence-electron chi connectivity index (χ4n) is 1.98. The van der Waals surface area contributed by atoms with Crippen LogP contribution in [0.25, 0.3) is 0 Å². The zero-order chi connectivity index (χ0) is 15.3. The molecule has 0 bridgehead atoms. The minimum absolute atomic E-state index is 0.0443. The number of nitrogen functional groups attached to an aromatic ring is 1. The van der Waals surface area contributed by atoms with Crippen LogP contribution < -0.4 is 20.5 Å². The Labute approximate surface area is 123 Å². The van der Waals surface area contributed by atoms with Gasteiger partial charge in [-0.1, -0.05) is 0 Å². The smallest absolute Gasteiger partial charge is 0.220 e. The highest BCUT2D eigenvalue weighted by Crippen LogP contribution is 2.13. The van der Waals surface area contributed by atoms with E-state index in [-0.39, 0.29) is 24.3 Å². The summed E-state index contributed by atoms with van der Waals surface area (Å²) in [6.45, 7) is 0.384. The summed E-state index contributed by atoms with van der Waals surface area (Å²) in [6.07, 6.45) is 0.860. The average molecular weight is 313 g/mol. The molecule has 0 radical (unpaired) electrons. The molecule has 4 N–H and O–H groups in total. The third-order valence-electron chi connectivity index (χ3n) is 3.11. The van der Waals surface area contributed by atoms with Crippen LogP contribution in [0, 0.1) is 0 Å². The molecule has 1 saturated heterocycles. The molecule has 0 spiro atoms. The molecule has 0 saturated carbocycles. The van der Waals surface area contributed by atoms with Crippen LogP contribution in [0.1, 0.15) is 12.8 Å². The second-order valence-electron chi connectivity index (χ2n) is 4.89. The lowest BCUT2D eigenvalue weighted by atomic mass is 10.1. The van der Waals surface area contributed by atoms with Crippen molar-refractivity contribution in [2.24, 2.45) is 0 Å². The van der Waals surface area contributed by atoms with E-state index < -0.39 is 10.0 Å². The highest BCUT2D eigenvalue weighted by Gasteiger charge is 2.22. The van der Waals surface area contributed by atoms with Gasteiger partial charge in [-0.05, 0) is 30.7 Å². The molecule has 8 heteroatoms. The Morgan fingerprint density at radius 2 is 2.05 bits per heavy atom. The number of nitrogens with two attached hydrogens (primary N) is 1. The second-order valence-corrected chi connectivity index (χ2v) is 6.77. The van der Waals surface area contributed by atoms with Gasteiger partial charge in [0.15, 0.2) is 0 Å². The summed E-state index contributed by atoms with van der Waals surface area (Å²) in [7, 11) is -3.43. The van der Waals surface area contributed by atoms with E-state index in [1.54, 1.807) is 24.3 Å². The van der Waals surface area contributed by atoms with Gasteiger partial charge >= 0.3 is 0 Å². The molecule has 1 aromatic rings. The molecule has 7 nitrogen and oxygen atoms in total. The van der Waals surface area contributed by atoms with Gasteiger partial charge in [-0.25, -0.2) is 13.1 Å². The van der Waals surface area contributed by atoms with Gasteiger partial charge < -0.3 is 15.8 Å². The first-order chi connectivity index (χ1) is 9.94. The first-order valence-corrected chi connectivity index (χ1v) is 8.35. The number of carbonyl (C=O) groups is 1. The molecule has 21 heavy (non-hydrogen) atoms. The first kappa shape index (κ1) is 15.6. The largest absolute Gasteiger partial charge is 0.492 e. The molecule has 1 fully saturated rings. The summed E-state index contributed by atoms with van der Waals surface area (Å²) in [5.41, 5.74) is 6.17. The van der Waals surface area contributed by atoms with Gasteiger partial charge in [0.2, 0.25) is 15.9 Å². The Balaban J connectivity index is 1.76. The number of piperidine rings is 1. The van der Waals surface area contributed by atoms with E-state index in [9.17, 15) is 13.2 Å². The van der Waals surface area contributed by atoms with Crippen molar-refractivity contribution >= 4 is 21.6 Å². The summed E-state index contributed by atoms with van der Waals surface area (Å²) in [6, 6.07) is 6.50. The molecule has 1 aromatic carbocycles. The van der Waals surface area contributed by atoms with Crippen LogP contribution in [-0.2, 0) is 14.8 Å². The van der Waals surface area contributed by atoms with Crippen molar-refractivity contribution < 1.29 is 17.9 Å². The topological polar surface area (TPSA) is 111 Å². The Bertz CT molecular complexity index is 576. The number of nitrogens with one attached hydrogen (secondary N) is 2. The van der Waals surface area contributed by atoms with Crippen molar-refractivity contribution in [1.82, 2.24) is 10.0 Å². The third kappa shape index (κ3) is 5.24. The molecule has 1 aliphatic heterocycles. The van der Waals surface area contributed by atoms with Crippen molar-refractivity contribution in [3.05, 3.63) is 24.3 Å². The maximum Gasteiger partial charge on any atom is 0.220 e. The van der Waals surface area contributed by atoms with E-state index in [0.717, 1.165) is 0 Å². The number of rotatable bonds is 6. The molecule has 1 amide bonds. The van der Waals surface area contributed by atoms with Gasteiger partial charge in [0.25, 0.3) is 0 Å². The van der Waals surface area contributed by atoms with Crippen molar-refractivity contribution in [2.75, 3.05) is 24.6 Å². The summed E-state index contributed by atoms with van der Waals surface area (Å²) >= 11 is 0. The normalized spacial score (nSPS) is 19.0. The van der Waals surface area contributed by atoms with Gasteiger partial charge in [0.05, 0.1) is 5.75 Å². The van der Waals surface area contributed by atoms with Crippen molar-refractivity contribution in [3.8, 4) is 5.75 Å². The van der Waals surface area contributed by atoms with Gasteiger partial charge in [0, 0.05) is 24.7 Å². The zero-order valence-corrected chi connectivity index (χ0v) is 12.4. The Morgan fingerprint density at radius 3 is 2.67 bits per heavy atom. The summed E-state index contributed by atoms with van der Waals surface area (Å²) in [5.74, 6) is 0.392. The molecule has 1 unspecified atom stereocenters. The zero-order valence-electron chi connectivity index (χ0n) is 11.5. The molecular weight excluding hydrogens is 294 g/mol. The SMILES string of the molecule is Nc1ccc(OCCS(=O)(=O)NC2CCC(=O)NC2)cc1. The standard InChI is InChI=1S/C13H19N3O4S/c14-10-1-4-12(5-2-10)20-7-8-21(18,19)16-11-3-6-13(17)15-9-11/h1-2,4-5,11,16H,3,6-9,14H2,(H,15,17). The highest BCUT2D eigenvalue weighted by atomic mass is 32.2. The lowest BCUT2D eigenvalue weighted by Gasteiger charge is -2.23. The molecule has 0 aromatic heterocycles. The van der Waals surface area contributed by atoms with Crippen molar-refractivity contribution in [1.29, 1.82) is 0 Å². The lowest BCUT2D eigenvalue weighted by molar-refractivity contribution is -0.122. The molecule has 1 aliphatic rings. The Kier molecular flexibility index (Phi) is 5.03. The third-order valence-corrected chi connectivity index (χ3v) is 4.51. The van der Waals surface area contributed by atoms with Gasteiger partial charge in [-0.15, -0.1) is 0 Å². The van der Waals surface area contributed by atoms with E-state index in [1.807, 2.05) is 0 Å². The number of hydrogen-bond donors (Lipinski definition) is 3. The summed E-state index contributed by atoms with van der Waals surface area (Å²) in [5, 5.41) is 2.63. The molecule has 1 atom stereocenters. The number of sulfonamides is 1. The second kappa shape index (κ2) is 6.77. The Hall–Kier alpha value is -1.80. The predicted octanol–water partition coefficient (Wildman–Crippen LogP) is -0.154. The summed E-state index contributed by atoms with van der Waals surface area (Å²) in [4.78, 5) is 11.0. The minimum Gasteiger partial charge on any atom is -0.492 e. The monoisotopic (exact) mass is 313 g/mol. The average Bonchev–Trinajstić information content (AvgIpc) is 2.43. The fourth-order valence-corrected chi connectivity index (χ4v) is 3.11. The molecule has 1 heterocycles. The van der Waals surface area contributed by atoms with Crippen molar-refractivity contribution in [2.45, 2.75) is 18.9 Å². The minimum atomic E-state index is -3.43. The number of hydrogen-bond acceptors (Lipinski definition) is 5. The van der Waals surface area contributed by atoms with Crippen LogP contribution in [0.2, 0.25) is 0 Å². The number of carbonyl (C=O) groups excluding carboxylic acids is 1. The van der Waals surface area contributed by atoms with Crippen LogP contribution in [0.5, 0.6) is 5.75 Å². The lowest BCUT2D eigenvalue weighted by Crippen LogP contribution is -2.48. The number of ether oxygens (including phenoxy) is 1. The molecule has 116 valence electrons. The molecule has 0 aliphatic carbocycles. The van der Waals surface area contributed by atoms with Crippen molar-refractivity contribution in [3.63, 3.8) is 0 Å².